The summed E-state index contributed by atoms with van der Waals surface area (Å²) in [5.74, 6) is 0.816. The molecule has 0 radical (unpaired) electrons. The highest BCUT2D eigenvalue weighted by atomic mass is 16.5. The Hall–Kier alpha value is -1.88. The van der Waals surface area contributed by atoms with E-state index >= 15 is 0 Å². The van der Waals surface area contributed by atoms with Crippen molar-refractivity contribution >= 4 is 17.5 Å². The zero-order valence-electron chi connectivity index (χ0n) is 13.4. The van der Waals surface area contributed by atoms with Gasteiger partial charge in [-0.25, -0.2) is 0 Å². The average molecular weight is 316 g/mol. The third-order valence-corrected chi connectivity index (χ3v) is 4.29. The van der Waals surface area contributed by atoms with Crippen molar-refractivity contribution in [3.05, 3.63) is 29.8 Å². The van der Waals surface area contributed by atoms with Gasteiger partial charge in [-0.1, -0.05) is 6.07 Å². The average Bonchev–Trinajstić information content (AvgIpc) is 3.30. The molecule has 3 rings (SSSR count). The van der Waals surface area contributed by atoms with Crippen LogP contribution in [0.15, 0.2) is 24.3 Å². The summed E-state index contributed by atoms with van der Waals surface area (Å²) in [7, 11) is 0. The van der Waals surface area contributed by atoms with Gasteiger partial charge in [0.05, 0.1) is 0 Å². The van der Waals surface area contributed by atoms with Crippen LogP contribution < -0.4 is 10.2 Å². The molecule has 1 N–H and O–H groups in total. The van der Waals surface area contributed by atoms with Crippen LogP contribution in [-0.2, 0) is 9.53 Å². The van der Waals surface area contributed by atoms with E-state index in [2.05, 4.69) is 5.32 Å². The van der Waals surface area contributed by atoms with Gasteiger partial charge in [0.1, 0.15) is 0 Å². The van der Waals surface area contributed by atoms with E-state index in [-0.39, 0.29) is 11.8 Å². The molecule has 124 valence electrons. The molecule has 1 saturated heterocycles. The number of benzene rings is 1. The lowest BCUT2D eigenvalue weighted by Crippen LogP contribution is -2.27. The molecule has 0 aromatic heterocycles. The number of rotatable bonds is 8. The highest BCUT2D eigenvalue weighted by Gasteiger charge is 2.22. The fraction of sp³-hybridized carbons (Fsp3) is 0.556. The van der Waals surface area contributed by atoms with Crippen LogP contribution in [0.25, 0.3) is 0 Å². The van der Waals surface area contributed by atoms with E-state index in [0.717, 1.165) is 37.6 Å². The largest absolute Gasteiger partial charge is 0.381 e. The van der Waals surface area contributed by atoms with Crippen molar-refractivity contribution in [1.82, 2.24) is 5.32 Å². The molecule has 5 heteroatoms. The van der Waals surface area contributed by atoms with Crippen LogP contribution in [0.4, 0.5) is 5.69 Å². The maximum absolute atomic E-state index is 12.2. The predicted molar refractivity (Wildman–Crippen MR) is 88.5 cm³/mol. The molecule has 1 aliphatic carbocycles. The Morgan fingerprint density at radius 1 is 1.35 bits per heavy atom. The molecule has 1 heterocycles. The number of hydrogen-bond acceptors (Lipinski definition) is 3. The minimum absolute atomic E-state index is 0.0966. The first kappa shape index (κ1) is 16.0. The van der Waals surface area contributed by atoms with Crippen molar-refractivity contribution in [2.24, 2.45) is 5.92 Å². The summed E-state index contributed by atoms with van der Waals surface area (Å²) in [4.78, 5) is 25.7. The highest BCUT2D eigenvalue weighted by Crippen LogP contribution is 2.28. The van der Waals surface area contributed by atoms with Gasteiger partial charge in [-0.3, -0.25) is 9.59 Å². The molecule has 1 aromatic rings. The molecule has 1 aromatic carbocycles. The van der Waals surface area contributed by atoms with Gasteiger partial charge in [0.15, 0.2) is 0 Å². The number of anilines is 1. The minimum atomic E-state index is -0.0966. The summed E-state index contributed by atoms with van der Waals surface area (Å²) < 4.78 is 5.55. The number of ether oxygens (including phenoxy) is 1. The Bertz CT molecular complexity index is 569. The van der Waals surface area contributed by atoms with Crippen molar-refractivity contribution < 1.29 is 14.3 Å². The lowest BCUT2D eigenvalue weighted by molar-refractivity contribution is -0.117. The number of amides is 2. The van der Waals surface area contributed by atoms with E-state index in [1.54, 1.807) is 17.0 Å². The van der Waals surface area contributed by atoms with E-state index in [1.165, 1.54) is 12.8 Å². The zero-order valence-corrected chi connectivity index (χ0v) is 13.4. The molecule has 2 amide bonds. The smallest absolute Gasteiger partial charge is 0.251 e. The third-order valence-electron chi connectivity index (χ3n) is 4.29. The van der Waals surface area contributed by atoms with Gasteiger partial charge in [0.25, 0.3) is 5.91 Å². The normalized spacial score (nSPS) is 17.6. The topological polar surface area (TPSA) is 58.6 Å². The van der Waals surface area contributed by atoms with Crippen LogP contribution in [0, 0.1) is 5.92 Å². The molecule has 0 atom stereocenters. The predicted octanol–water partition coefficient (Wildman–Crippen LogP) is 2.36. The van der Waals surface area contributed by atoms with Crippen molar-refractivity contribution in [2.45, 2.75) is 32.1 Å². The van der Waals surface area contributed by atoms with Gasteiger partial charge in [0, 0.05) is 44.0 Å². The standard InChI is InChI=1S/C18H24N2O3/c21-17-6-2-10-20(17)16-5-1-4-15(12-16)18(22)19-9-3-11-23-13-14-7-8-14/h1,4-5,12,14H,2-3,6-11,13H2,(H,19,22). The molecule has 1 saturated carbocycles. The van der Waals surface area contributed by atoms with Crippen molar-refractivity contribution in [3.63, 3.8) is 0 Å². The van der Waals surface area contributed by atoms with Crippen molar-refractivity contribution in [2.75, 3.05) is 31.2 Å². The Morgan fingerprint density at radius 2 is 2.22 bits per heavy atom. The summed E-state index contributed by atoms with van der Waals surface area (Å²) in [6, 6.07) is 7.28. The second-order valence-electron chi connectivity index (χ2n) is 6.33. The molecule has 2 fully saturated rings. The molecular weight excluding hydrogens is 292 g/mol. The minimum Gasteiger partial charge on any atom is -0.381 e. The van der Waals surface area contributed by atoms with Crippen molar-refractivity contribution in [1.29, 1.82) is 0 Å². The van der Waals surface area contributed by atoms with Crippen LogP contribution in [0.3, 0.4) is 0 Å². The third kappa shape index (κ3) is 4.55. The van der Waals surface area contributed by atoms with Gasteiger partial charge in [0.2, 0.25) is 5.91 Å². The Labute approximate surface area is 137 Å². The lowest BCUT2D eigenvalue weighted by atomic mass is 10.1. The summed E-state index contributed by atoms with van der Waals surface area (Å²) in [5, 5.41) is 2.91. The Kier molecular flexibility index (Phi) is 5.28. The fourth-order valence-electron chi connectivity index (χ4n) is 2.75. The number of nitrogens with one attached hydrogen (secondary N) is 1. The first-order valence-electron chi connectivity index (χ1n) is 8.50. The monoisotopic (exact) mass is 316 g/mol. The van der Waals surface area contributed by atoms with Crippen LogP contribution in [0.5, 0.6) is 0 Å². The summed E-state index contributed by atoms with van der Waals surface area (Å²) >= 11 is 0. The van der Waals surface area contributed by atoms with Crippen LogP contribution in [0.1, 0.15) is 42.5 Å². The molecule has 0 unspecified atom stereocenters. The first-order chi connectivity index (χ1) is 11.2. The second kappa shape index (κ2) is 7.59. The number of nitrogens with zero attached hydrogens (tertiary/aromatic N) is 1. The number of carbonyl (C=O) groups excluding carboxylic acids is 2. The second-order valence-corrected chi connectivity index (χ2v) is 6.33. The van der Waals surface area contributed by atoms with Crippen LogP contribution in [-0.4, -0.2) is 38.1 Å². The molecule has 1 aliphatic heterocycles. The van der Waals surface area contributed by atoms with Crippen molar-refractivity contribution in [3.8, 4) is 0 Å². The van der Waals surface area contributed by atoms with Gasteiger partial charge >= 0.3 is 0 Å². The fourth-order valence-corrected chi connectivity index (χ4v) is 2.75. The molecular formula is C18H24N2O3. The van der Waals surface area contributed by atoms with Gasteiger partial charge in [-0.05, 0) is 49.8 Å². The lowest BCUT2D eigenvalue weighted by Gasteiger charge is -2.16. The first-order valence-corrected chi connectivity index (χ1v) is 8.50. The summed E-state index contributed by atoms with van der Waals surface area (Å²) in [6.07, 6.45) is 4.90. The molecule has 0 spiro atoms. The Balaban J connectivity index is 1.44. The van der Waals surface area contributed by atoms with Gasteiger partial charge in [-0.2, -0.15) is 0 Å². The van der Waals surface area contributed by atoms with E-state index in [9.17, 15) is 9.59 Å². The summed E-state index contributed by atoms with van der Waals surface area (Å²) in [5.41, 5.74) is 1.41. The number of carbonyl (C=O) groups is 2. The van der Waals surface area contributed by atoms with Crippen LogP contribution in [0.2, 0.25) is 0 Å². The highest BCUT2D eigenvalue weighted by molar-refractivity contribution is 5.99. The van der Waals surface area contributed by atoms with Crippen LogP contribution >= 0.6 is 0 Å². The molecule has 2 aliphatic rings. The maximum Gasteiger partial charge on any atom is 0.251 e. The molecule has 0 bridgehead atoms. The maximum atomic E-state index is 12.2. The summed E-state index contributed by atoms with van der Waals surface area (Å²) in [6.45, 7) is 2.90. The number of hydrogen-bond donors (Lipinski definition) is 1. The van der Waals surface area contributed by atoms with Gasteiger partial charge < -0.3 is 15.0 Å². The van der Waals surface area contributed by atoms with E-state index in [1.807, 2.05) is 12.1 Å². The van der Waals surface area contributed by atoms with E-state index < -0.39 is 0 Å². The van der Waals surface area contributed by atoms with Gasteiger partial charge in [-0.15, -0.1) is 0 Å². The van der Waals surface area contributed by atoms with E-state index in [0.29, 0.717) is 25.1 Å². The van der Waals surface area contributed by atoms with E-state index in [4.69, 9.17) is 4.74 Å². The Morgan fingerprint density at radius 3 is 2.96 bits per heavy atom. The quantitative estimate of drug-likeness (QED) is 0.749. The molecule has 5 nitrogen and oxygen atoms in total. The molecule has 23 heavy (non-hydrogen) atoms. The SMILES string of the molecule is O=C(NCCCOCC1CC1)c1cccc(N2CCCC2=O)c1. The zero-order chi connectivity index (χ0) is 16.1.